The van der Waals surface area contributed by atoms with Crippen LogP contribution in [0.3, 0.4) is 0 Å². The number of carbonyl (C=O) groups is 1. The van der Waals surface area contributed by atoms with Crippen molar-refractivity contribution in [2.24, 2.45) is 0 Å². The van der Waals surface area contributed by atoms with Crippen LogP contribution in [0.15, 0.2) is 30.3 Å². The van der Waals surface area contributed by atoms with Gasteiger partial charge in [0, 0.05) is 12.0 Å². The lowest BCUT2D eigenvalue weighted by atomic mass is 9.92. The summed E-state index contributed by atoms with van der Waals surface area (Å²) < 4.78 is 11.4. The molecule has 2 fully saturated rings. The van der Waals surface area contributed by atoms with Crippen LogP contribution < -0.4 is 20.1 Å². The lowest BCUT2D eigenvalue weighted by Crippen LogP contribution is -2.48. The molecule has 0 bridgehead atoms. The summed E-state index contributed by atoms with van der Waals surface area (Å²) in [6.45, 7) is 4.77. The van der Waals surface area contributed by atoms with Crippen molar-refractivity contribution in [3.05, 3.63) is 47.3 Å². The third-order valence-corrected chi connectivity index (χ3v) is 5.50. The molecule has 2 N–H and O–H groups in total. The van der Waals surface area contributed by atoms with E-state index in [0.717, 1.165) is 37.8 Å². The zero-order valence-corrected chi connectivity index (χ0v) is 17.9. The van der Waals surface area contributed by atoms with Crippen molar-refractivity contribution >= 4 is 5.91 Å². The maximum absolute atomic E-state index is 13.4. The number of rotatable bonds is 7. The number of nitrogens with zero attached hydrogens (tertiary/aromatic N) is 2. The van der Waals surface area contributed by atoms with Crippen molar-refractivity contribution in [1.82, 2.24) is 20.6 Å². The number of aromatic nitrogens is 2. The van der Waals surface area contributed by atoms with Gasteiger partial charge < -0.3 is 20.1 Å². The maximum Gasteiger partial charge on any atom is 0.262 e. The molecule has 1 saturated carbocycles. The van der Waals surface area contributed by atoms with E-state index in [9.17, 15) is 4.79 Å². The number of carbonyl (C=O) groups excluding carboxylic acids is 1. The fourth-order valence-corrected chi connectivity index (χ4v) is 3.91. The number of piperidine rings is 1. The Morgan fingerprint density at radius 2 is 1.87 bits per heavy atom. The zero-order valence-electron chi connectivity index (χ0n) is 17.9. The summed E-state index contributed by atoms with van der Waals surface area (Å²) in [5.74, 6) is 1.34. The van der Waals surface area contributed by atoms with Crippen LogP contribution in [0.25, 0.3) is 0 Å². The van der Waals surface area contributed by atoms with Gasteiger partial charge in [0.15, 0.2) is 5.56 Å². The molecule has 0 unspecified atom stereocenters. The molecule has 7 nitrogen and oxygen atoms in total. The van der Waals surface area contributed by atoms with Crippen LogP contribution in [-0.2, 0) is 0 Å². The minimum Gasteiger partial charge on any atom is -0.480 e. The molecule has 1 aromatic carbocycles. The predicted molar refractivity (Wildman–Crippen MR) is 114 cm³/mol. The van der Waals surface area contributed by atoms with E-state index in [1.807, 2.05) is 32.0 Å². The summed E-state index contributed by atoms with van der Waals surface area (Å²) in [6, 6.07) is 10.2. The van der Waals surface area contributed by atoms with Crippen LogP contribution in [0.4, 0.5) is 0 Å². The van der Waals surface area contributed by atoms with Gasteiger partial charge in [0.05, 0.1) is 19.3 Å². The average Bonchev–Trinajstić information content (AvgIpc) is 3.59. The molecular weight excluding hydrogens is 380 g/mol. The third-order valence-electron chi connectivity index (χ3n) is 5.50. The summed E-state index contributed by atoms with van der Waals surface area (Å²) in [5.41, 5.74) is 1.43. The predicted octanol–water partition coefficient (Wildman–Crippen LogP) is 3.37. The van der Waals surface area contributed by atoms with Crippen LogP contribution in [-0.4, -0.2) is 41.7 Å². The number of ether oxygens (including phenoxy) is 2. The highest BCUT2D eigenvalue weighted by molar-refractivity contribution is 5.98. The standard InChI is InChI=1S/C23H30N4O3/c1-14(2)30-23-18(22(29-3)26-20(27-23)16-11-12-16)21(28)25-17-10-7-13-24-19(17)15-8-5-4-6-9-15/h4-6,8-9,14,16-17,19,24H,7,10-13H2,1-3H3,(H,25,28)/t17-,19-/m0/s1. The number of methoxy groups -OCH3 is 1. The number of hydrogen-bond donors (Lipinski definition) is 2. The van der Waals surface area contributed by atoms with Gasteiger partial charge in [-0.3, -0.25) is 4.79 Å². The molecule has 1 amide bonds. The summed E-state index contributed by atoms with van der Waals surface area (Å²) >= 11 is 0. The second-order valence-electron chi connectivity index (χ2n) is 8.28. The van der Waals surface area contributed by atoms with E-state index in [1.165, 1.54) is 7.11 Å². The molecule has 1 aliphatic carbocycles. The Morgan fingerprint density at radius 3 is 2.53 bits per heavy atom. The van der Waals surface area contributed by atoms with Gasteiger partial charge in [0.25, 0.3) is 5.91 Å². The van der Waals surface area contributed by atoms with Gasteiger partial charge in [-0.15, -0.1) is 0 Å². The van der Waals surface area contributed by atoms with Gasteiger partial charge in [0.1, 0.15) is 5.82 Å². The molecule has 4 rings (SSSR count). The minimum absolute atomic E-state index is 0.0478. The summed E-state index contributed by atoms with van der Waals surface area (Å²) in [7, 11) is 1.53. The lowest BCUT2D eigenvalue weighted by Gasteiger charge is -2.33. The molecular formula is C23H30N4O3. The second kappa shape index (κ2) is 9.00. The number of hydrogen-bond acceptors (Lipinski definition) is 6. The Morgan fingerprint density at radius 1 is 1.13 bits per heavy atom. The highest BCUT2D eigenvalue weighted by atomic mass is 16.5. The van der Waals surface area contributed by atoms with Crippen LogP contribution in [0, 0.1) is 0 Å². The first-order chi connectivity index (χ1) is 14.6. The number of amides is 1. The van der Waals surface area contributed by atoms with Crippen LogP contribution in [0.1, 0.15) is 73.2 Å². The van der Waals surface area contributed by atoms with Crippen molar-refractivity contribution in [3.63, 3.8) is 0 Å². The molecule has 1 saturated heterocycles. The zero-order chi connectivity index (χ0) is 21.1. The maximum atomic E-state index is 13.4. The smallest absolute Gasteiger partial charge is 0.262 e. The van der Waals surface area contributed by atoms with Gasteiger partial charge >= 0.3 is 0 Å². The molecule has 2 heterocycles. The molecule has 1 aliphatic heterocycles. The molecule has 2 aliphatic rings. The summed E-state index contributed by atoms with van der Waals surface area (Å²) in [4.78, 5) is 22.5. The van der Waals surface area contributed by atoms with Crippen molar-refractivity contribution in [1.29, 1.82) is 0 Å². The molecule has 0 radical (unpaired) electrons. The van der Waals surface area contributed by atoms with E-state index in [2.05, 4.69) is 32.7 Å². The van der Waals surface area contributed by atoms with Gasteiger partial charge in [-0.1, -0.05) is 30.3 Å². The Hall–Kier alpha value is -2.67. The quantitative estimate of drug-likeness (QED) is 0.728. The van der Waals surface area contributed by atoms with E-state index in [-0.39, 0.29) is 35.5 Å². The topological polar surface area (TPSA) is 85.4 Å². The summed E-state index contributed by atoms with van der Waals surface area (Å²) in [6.07, 6.45) is 3.89. The first kappa shape index (κ1) is 20.6. The Bertz CT molecular complexity index is 884. The largest absolute Gasteiger partial charge is 0.480 e. The van der Waals surface area contributed by atoms with E-state index >= 15 is 0 Å². The van der Waals surface area contributed by atoms with Gasteiger partial charge in [-0.2, -0.15) is 9.97 Å². The Balaban J connectivity index is 1.63. The van der Waals surface area contributed by atoms with Crippen LogP contribution in [0.5, 0.6) is 11.8 Å². The third kappa shape index (κ3) is 4.56. The average molecular weight is 411 g/mol. The van der Waals surface area contributed by atoms with Crippen LogP contribution in [0.2, 0.25) is 0 Å². The van der Waals surface area contributed by atoms with Crippen LogP contribution >= 0.6 is 0 Å². The lowest BCUT2D eigenvalue weighted by molar-refractivity contribution is 0.0905. The molecule has 2 atom stereocenters. The van der Waals surface area contributed by atoms with Crippen molar-refractivity contribution in [3.8, 4) is 11.8 Å². The normalized spacial score (nSPS) is 21.3. The van der Waals surface area contributed by atoms with E-state index in [4.69, 9.17) is 9.47 Å². The minimum atomic E-state index is -0.264. The molecule has 7 heteroatoms. The van der Waals surface area contributed by atoms with E-state index in [1.54, 1.807) is 0 Å². The first-order valence-corrected chi connectivity index (χ1v) is 10.8. The van der Waals surface area contributed by atoms with Crippen molar-refractivity contribution < 1.29 is 14.3 Å². The Kier molecular flexibility index (Phi) is 6.18. The number of benzene rings is 1. The van der Waals surface area contributed by atoms with Crippen molar-refractivity contribution in [2.75, 3.05) is 13.7 Å². The van der Waals surface area contributed by atoms with Gasteiger partial charge in [-0.25, -0.2) is 0 Å². The monoisotopic (exact) mass is 410 g/mol. The number of nitrogens with one attached hydrogen (secondary N) is 2. The van der Waals surface area contributed by atoms with Gasteiger partial charge in [-0.05, 0) is 51.6 Å². The Labute approximate surface area is 177 Å². The first-order valence-electron chi connectivity index (χ1n) is 10.8. The molecule has 1 aromatic heterocycles. The summed E-state index contributed by atoms with van der Waals surface area (Å²) in [5, 5.41) is 6.74. The SMILES string of the molecule is COc1nc(C2CC2)nc(OC(C)C)c1C(=O)N[C@H]1CCCN[C@H]1c1ccccc1. The fourth-order valence-electron chi connectivity index (χ4n) is 3.91. The highest BCUT2D eigenvalue weighted by Crippen LogP contribution is 2.40. The molecule has 160 valence electrons. The van der Waals surface area contributed by atoms with Crippen molar-refractivity contribution in [2.45, 2.75) is 63.6 Å². The molecule has 30 heavy (non-hydrogen) atoms. The fraction of sp³-hybridized carbons (Fsp3) is 0.522. The highest BCUT2D eigenvalue weighted by Gasteiger charge is 2.34. The molecule has 2 aromatic rings. The van der Waals surface area contributed by atoms with E-state index in [0.29, 0.717) is 17.6 Å². The molecule has 0 spiro atoms. The van der Waals surface area contributed by atoms with Gasteiger partial charge in [0.2, 0.25) is 11.8 Å². The second-order valence-corrected chi connectivity index (χ2v) is 8.28. The van der Waals surface area contributed by atoms with E-state index < -0.39 is 0 Å².